The van der Waals surface area contributed by atoms with Gasteiger partial charge in [0.15, 0.2) is 0 Å². The first-order valence-corrected chi connectivity index (χ1v) is 5.09. The molecule has 0 aromatic rings. The molecule has 0 amide bonds. The minimum absolute atomic E-state index is 0. The number of carbonyl (C=O) groups is 1. The average Bonchev–Trinajstić information content (AvgIpc) is 2.12. The summed E-state index contributed by atoms with van der Waals surface area (Å²) in [7, 11) is 0. The van der Waals surface area contributed by atoms with Crippen molar-refractivity contribution in [2.24, 2.45) is 0 Å². The maximum atomic E-state index is 9.92. The Morgan fingerprint density at radius 3 is 1.71 bits per heavy atom. The Bertz CT molecular complexity index is 104. The third-order valence-electron chi connectivity index (χ3n) is 1.32. The van der Waals surface area contributed by atoms with E-state index in [1.807, 2.05) is 6.92 Å². The van der Waals surface area contributed by atoms with Crippen LogP contribution in [0.4, 0.5) is 0 Å². The standard InChI is InChI=1S/C6H14.C4H9NO2.H2O/c1-3-5-6-4-2;1-3-5-7-4(2)6;/h3-6H2,1-2H3;5H,3H2,1-2H3;1H2. The third-order valence-corrected chi connectivity index (χ3v) is 1.32. The Morgan fingerprint density at radius 2 is 1.57 bits per heavy atom. The summed E-state index contributed by atoms with van der Waals surface area (Å²) in [6.07, 6.45) is 5.54. The van der Waals surface area contributed by atoms with Crippen molar-refractivity contribution in [2.45, 2.75) is 53.4 Å². The van der Waals surface area contributed by atoms with Crippen LogP contribution < -0.4 is 5.48 Å². The van der Waals surface area contributed by atoms with Crippen LogP contribution in [0, 0.1) is 0 Å². The summed E-state index contributed by atoms with van der Waals surface area (Å²) in [5.74, 6) is -0.304. The average molecular weight is 207 g/mol. The van der Waals surface area contributed by atoms with Gasteiger partial charge in [0.1, 0.15) is 0 Å². The Labute approximate surface area is 87.3 Å². The van der Waals surface area contributed by atoms with Gasteiger partial charge in [-0.05, 0) is 6.92 Å². The normalized spacial score (nSPS) is 8.00. The minimum atomic E-state index is -0.304. The molecule has 0 aromatic carbocycles. The Kier molecular flexibility index (Phi) is 24.8. The molecule has 0 aliphatic carbocycles. The fourth-order valence-electron chi connectivity index (χ4n) is 0.674. The first-order chi connectivity index (χ1) is 6.18. The molecule has 0 aromatic heterocycles. The van der Waals surface area contributed by atoms with Gasteiger partial charge in [-0.25, -0.2) is 0 Å². The van der Waals surface area contributed by atoms with E-state index < -0.39 is 0 Å². The van der Waals surface area contributed by atoms with E-state index in [0.29, 0.717) is 6.54 Å². The van der Waals surface area contributed by atoms with Crippen molar-refractivity contribution in [1.29, 1.82) is 0 Å². The summed E-state index contributed by atoms with van der Waals surface area (Å²) in [6.45, 7) is 8.32. The number of hydrogen-bond donors (Lipinski definition) is 1. The van der Waals surface area contributed by atoms with Crippen molar-refractivity contribution in [2.75, 3.05) is 6.54 Å². The quantitative estimate of drug-likeness (QED) is 0.552. The second kappa shape index (κ2) is 18.2. The molecule has 0 spiro atoms. The van der Waals surface area contributed by atoms with E-state index >= 15 is 0 Å². The molecular formula is C10H25NO3. The lowest BCUT2D eigenvalue weighted by Crippen LogP contribution is -2.16. The second-order valence-corrected chi connectivity index (χ2v) is 2.80. The lowest BCUT2D eigenvalue weighted by atomic mass is 10.2. The Morgan fingerprint density at radius 1 is 1.14 bits per heavy atom. The van der Waals surface area contributed by atoms with Crippen molar-refractivity contribution >= 4 is 5.97 Å². The van der Waals surface area contributed by atoms with Gasteiger partial charge < -0.3 is 10.3 Å². The van der Waals surface area contributed by atoms with Gasteiger partial charge in [0.25, 0.3) is 0 Å². The highest BCUT2D eigenvalue weighted by Crippen LogP contribution is 1.95. The van der Waals surface area contributed by atoms with Crippen LogP contribution in [0.2, 0.25) is 0 Å². The molecule has 0 fully saturated rings. The van der Waals surface area contributed by atoms with Gasteiger partial charge >= 0.3 is 5.97 Å². The van der Waals surface area contributed by atoms with Crippen LogP contribution in [0.15, 0.2) is 0 Å². The molecular weight excluding hydrogens is 182 g/mol. The highest BCUT2D eigenvalue weighted by molar-refractivity contribution is 5.65. The zero-order chi connectivity index (χ0) is 10.5. The van der Waals surface area contributed by atoms with E-state index in [0.717, 1.165) is 0 Å². The van der Waals surface area contributed by atoms with Crippen molar-refractivity contribution in [3.63, 3.8) is 0 Å². The van der Waals surface area contributed by atoms with Crippen molar-refractivity contribution < 1.29 is 15.1 Å². The van der Waals surface area contributed by atoms with E-state index in [2.05, 4.69) is 24.2 Å². The van der Waals surface area contributed by atoms with Crippen LogP contribution in [0.3, 0.4) is 0 Å². The zero-order valence-corrected chi connectivity index (χ0v) is 9.85. The largest absolute Gasteiger partial charge is 0.412 e. The Balaban J connectivity index is -0.000000163. The summed E-state index contributed by atoms with van der Waals surface area (Å²) >= 11 is 0. The van der Waals surface area contributed by atoms with Crippen LogP contribution >= 0.6 is 0 Å². The van der Waals surface area contributed by atoms with Gasteiger partial charge in [-0.2, -0.15) is 5.48 Å². The molecule has 4 nitrogen and oxygen atoms in total. The summed E-state index contributed by atoms with van der Waals surface area (Å²) in [6, 6.07) is 0. The molecule has 0 bridgehead atoms. The van der Waals surface area contributed by atoms with Gasteiger partial charge in [-0.15, -0.1) is 0 Å². The lowest BCUT2D eigenvalue weighted by molar-refractivity contribution is -0.148. The van der Waals surface area contributed by atoms with E-state index in [1.165, 1.54) is 32.6 Å². The van der Waals surface area contributed by atoms with Gasteiger partial charge in [-0.1, -0.05) is 39.5 Å². The summed E-state index contributed by atoms with van der Waals surface area (Å²) in [4.78, 5) is 14.2. The summed E-state index contributed by atoms with van der Waals surface area (Å²) in [5, 5.41) is 0. The smallest absolute Gasteiger partial charge is 0.321 e. The fourth-order valence-corrected chi connectivity index (χ4v) is 0.674. The Hall–Kier alpha value is -0.610. The number of rotatable bonds is 5. The highest BCUT2D eigenvalue weighted by atomic mass is 16.7. The summed E-state index contributed by atoms with van der Waals surface area (Å²) in [5.41, 5.74) is 2.40. The van der Waals surface area contributed by atoms with Gasteiger partial charge in [0, 0.05) is 13.5 Å². The van der Waals surface area contributed by atoms with Crippen LogP contribution in [-0.2, 0) is 9.63 Å². The number of unbranched alkanes of at least 4 members (excludes halogenated alkanes) is 3. The van der Waals surface area contributed by atoms with Gasteiger partial charge in [0.05, 0.1) is 0 Å². The van der Waals surface area contributed by atoms with Gasteiger partial charge in [0.2, 0.25) is 0 Å². The number of hydrogen-bond acceptors (Lipinski definition) is 3. The van der Waals surface area contributed by atoms with Crippen molar-refractivity contribution in [3.05, 3.63) is 0 Å². The highest BCUT2D eigenvalue weighted by Gasteiger charge is 1.84. The van der Waals surface area contributed by atoms with E-state index in [9.17, 15) is 4.79 Å². The molecule has 0 saturated heterocycles. The molecule has 4 heteroatoms. The minimum Gasteiger partial charge on any atom is -0.412 e. The number of hydroxylamine groups is 1. The monoisotopic (exact) mass is 207 g/mol. The second-order valence-electron chi connectivity index (χ2n) is 2.80. The predicted octanol–water partition coefficient (Wildman–Crippen LogP) is 1.84. The molecule has 0 aliphatic heterocycles. The van der Waals surface area contributed by atoms with Crippen LogP contribution in [0.5, 0.6) is 0 Å². The number of nitrogens with one attached hydrogen (secondary N) is 1. The van der Waals surface area contributed by atoms with E-state index in [1.54, 1.807) is 0 Å². The first-order valence-electron chi connectivity index (χ1n) is 5.09. The molecule has 0 atom stereocenters. The fraction of sp³-hybridized carbons (Fsp3) is 0.900. The first kappa shape index (κ1) is 19.0. The van der Waals surface area contributed by atoms with Crippen molar-refractivity contribution in [3.8, 4) is 0 Å². The van der Waals surface area contributed by atoms with Crippen LogP contribution in [0.1, 0.15) is 53.4 Å². The third kappa shape index (κ3) is 30.1. The molecule has 0 radical (unpaired) electrons. The van der Waals surface area contributed by atoms with E-state index in [-0.39, 0.29) is 11.4 Å². The predicted molar refractivity (Wildman–Crippen MR) is 58.9 cm³/mol. The molecule has 88 valence electrons. The zero-order valence-electron chi connectivity index (χ0n) is 9.85. The van der Waals surface area contributed by atoms with Gasteiger partial charge in [-0.3, -0.25) is 4.79 Å². The molecule has 0 heterocycles. The number of carbonyl (C=O) groups excluding carboxylic acids is 1. The maximum Gasteiger partial charge on any atom is 0.321 e. The molecule has 0 aliphatic rings. The van der Waals surface area contributed by atoms with E-state index in [4.69, 9.17) is 0 Å². The molecule has 0 rings (SSSR count). The maximum absolute atomic E-state index is 9.92. The molecule has 0 saturated carbocycles. The molecule has 0 unspecified atom stereocenters. The SMILES string of the molecule is CCCCCC.CCNOC(C)=O.O. The molecule has 3 N–H and O–H groups in total. The topological polar surface area (TPSA) is 69.8 Å². The van der Waals surface area contributed by atoms with Crippen LogP contribution in [-0.4, -0.2) is 18.0 Å². The van der Waals surface area contributed by atoms with Crippen molar-refractivity contribution in [1.82, 2.24) is 5.48 Å². The lowest BCUT2D eigenvalue weighted by Gasteiger charge is -1.95. The summed E-state index contributed by atoms with van der Waals surface area (Å²) < 4.78 is 0. The van der Waals surface area contributed by atoms with Crippen LogP contribution in [0.25, 0.3) is 0 Å². The molecule has 14 heavy (non-hydrogen) atoms.